The summed E-state index contributed by atoms with van der Waals surface area (Å²) in [7, 11) is 0. The van der Waals surface area contributed by atoms with Crippen LogP contribution in [0, 0.1) is 0 Å². The minimum atomic E-state index is -0.388. The van der Waals surface area contributed by atoms with Crippen molar-refractivity contribution >= 4 is 23.3 Å². The number of carbonyl (C=O) groups excluding carboxylic acids is 2. The molecule has 0 radical (unpaired) electrons. The second kappa shape index (κ2) is 3.70. The van der Waals surface area contributed by atoms with Crippen molar-refractivity contribution in [1.82, 2.24) is 0 Å². The van der Waals surface area contributed by atoms with Crippen molar-refractivity contribution in [3.05, 3.63) is 21.4 Å². The second-order valence-corrected chi connectivity index (χ2v) is 5.52. The Kier molecular flexibility index (Phi) is 2.32. The number of thiophene rings is 1. The maximum atomic E-state index is 11.5. The van der Waals surface area contributed by atoms with Gasteiger partial charge in [0.25, 0.3) is 0 Å². The molecule has 1 aromatic rings. The molecule has 0 aromatic carbocycles. The number of hydrogen-bond acceptors (Lipinski definition) is 4. The molecule has 1 saturated heterocycles. The molecule has 84 valence electrons. The van der Waals surface area contributed by atoms with Crippen LogP contribution in [0.2, 0.25) is 0 Å². The topological polar surface area (TPSA) is 43.4 Å². The lowest BCUT2D eigenvalue weighted by atomic mass is 9.97. The Labute approximate surface area is 97.4 Å². The van der Waals surface area contributed by atoms with E-state index in [4.69, 9.17) is 0 Å². The van der Waals surface area contributed by atoms with Gasteiger partial charge in [0, 0.05) is 9.75 Å². The van der Waals surface area contributed by atoms with Gasteiger partial charge in [0.1, 0.15) is 5.92 Å². The van der Waals surface area contributed by atoms with Gasteiger partial charge < -0.3 is 4.74 Å². The smallest absolute Gasteiger partial charge is 0.322 e. The first kappa shape index (κ1) is 10.0. The minimum absolute atomic E-state index is 0.220. The molecule has 3 rings (SSSR count). The van der Waals surface area contributed by atoms with E-state index >= 15 is 0 Å². The minimum Gasteiger partial charge on any atom is -0.393 e. The Morgan fingerprint density at radius 1 is 1.25 bits per heavy atom. The van der Waals surface area contributed by atoms with Gasteiger partial charge in [0.15, 0.2) is 0 Å². The van der Waals surface area contributed by atoms with E-state index in [1.54, 1.807) is 11.3 Å². The van der Waals surface area contributed by atoms with Crippen LogP contribution in [0.25, 0.3) is 0 Å². The molecule has 2 aliphatic rings. The summed E-state index contributed by atoms with van der Waals surface area (Å²) < 4.78 is 4.59. The molecule has 1 fully saturated rings. The molecule has 1 aromatic heterocycles. The highest BCUT2D eigenvalue weighted by Crippen LogP contribution is 2.37. The van der Waals surface area contributed by atoms with Crippen molar-refractivity contribution in [3.8, 4) is 0 Å². The first-order valence-electron chi connectivity index (χ1n) is 5.60. The predicted octanol–water partition coefficient (Wildman–Crippen LogP) is 2.18. The average molecular weight is 236 g/mol. The van der Waals surface area contributed by atoms with E-state index in [2.05, 4.69) is 10.8 Å². The lowest BCUT2D eigenvalue weighted by molar-refractivity contribution is -0.152. The summed E-state index contributed by atoms with van der Waals surface area (Å²) in [6, 6.07) is 2.10. The van der Waals surface area contributed by atoms with Gasteiger partial charge in [-0.2, -0.15) is 0 Å². The van der Waals surface area contributed by atoms with Gasteiger partial charge in [-0.05, 0) is 37.3 Å². The van der Waals surface area contributed by atoms with Crippen LogP contribution >= 0.6 is 11.3 Å². The lowest BCUT2D eigenvalue weighted by Gasteiger charge is -2.08. The molecular formula is C12H12O3S. The highest BCUT2D eigenvalue weighted by molar-refractivity contribution is 7.12. The molecule has 1 aliphatic heterocycles. The zero-order valence-electron chi connectivity index (χ0n) is 8.82. The molecule has 0 amide bonds. The SMILES string of the molecule is O=C1CC(c2cc3c(s2)CCCC3)C(=O)O1. The van der Waals surface area contributed by atoms with Crippen molar-refractivity contribution in [3.63, 3.8) is 0 Å². The van der Waals surface area contributed by atoms with Crippen LogP contribution in [-0.4, -0.2) is 11.9 Å². The molecule has 16 heavy (non-hydrogen) atoms. The van der Waals surface area contributed by atoms with Gasteiger partial charge in [-0.1, -0.05) is 0 Å². The van der Waals surface area contributed by atoms with Crippen LogP contribution in [0.4, 0.5) is 0 Å². The van der Waals surface area contributed by atoms with E-state index in [0.29, 0.717) is 0 Å². The molecule has 1 aliphatic carbocycles. The number of rotatable bonds is 1. The van der Waals surface area contributed by atoms with E-state index in [1.165, 1.54) is 23.3 Å². The maximum Gasteiger partial charge on any atom is 0.322 e. The summed E-state index contributed by atoms with van der Waals surface area (Å²) in [4.78, 5) is 24.9. The number of carbonyl (C=O) groups is 2. The molecule has 1 atom stereocenters. The van der Waals surface area contributed by atoms with E-state index < -0.39 is 0 Å². The summed E-state index contributed by atoms with van der Waals surface area (Å²) in [5.41, 5.74) is 1.37. The zero-order chi connectivity index (χ0) is 11.1. The van der Waals surface area contributed by atoms with Crippen molar-refractivity contribution in [2.75, 3.05) is 0 Å². The van der Waals surface area contributed by atoms with Gasteiger partial charge in [-0.3, -0.25) is 9.59 Å². The number of cyclic esters (lactones) is 2. The maximum absolute atomic E-state index is 11.5. The van der Waals surface area contributed by atoms with Crippen LogP contribution in [0.3, 0.4) is 0 Å². The Balaban J connectivity index is 1.92. The fourth-order valence-electron chi connectivity index (χ4n) is 2.38. The number of esters is 2. The number of hydrogen-bond donors (Lipinski definition) is 0. The molecule has 0 saturated carbocycles. The van der Waals surface area contributed by atoms with E-state index in [0.717, 1.165) is 17.7 Å². The van der Waals surface area contributed by atoms with Crippen LogP contribution in [0.15, 0.2) is 6.07 Å². The van der Waals surface area contributed by atoms with E-state index in [-0.39, 0.29) is 24.3 Å². The third kappa shape index (κ3) is 1.57. The molecule has 3 nitrogen and oxygen atoms in total. The fourth-order valence-corrected chi connectivity index (χ4v) is 3.72. The van der Waals surface area contributed by atoms with E-state index in [1.807, 2.05) is 0 Å². The van der Waals surface area contributed by atoms with E-state index in [9.17, 15) is 9.59 Å². The predicted molar refractivity (Wildman–Crippen MR) is 59.4 cm³/mol. The molecule has 4 heteroatoms. The van der Waals surface area contributed by atoms with Gasteiger partial charge >= 0.3 is 11.9 Å². The standard InChI is InChI=1S/C12H12O3S/c13-11-6-8(12(14)15-11)10-5-7-3-1-2-4-9(7)16-10/h5,8H,1-4,6H2. The summed E-state index contributed by atoms with van der Waals surface area (Å²) in [5.74, 6) is -1.09. The first-order valence-corrected chi connectivity index (χ1v) is 6.41. The summed E-state index contributed by atoms with van der Waals surface area (Å²) in [6.07, 6.45) is 4.92. The largest absolute Gasteiger partial charge is 0.393 e. The first-order chi connectivity index (χ1) is 7.74. The highest BCUT2D eigenvalue weighted by atomic mass is 32.1. The van der Waals surface area contributed by atoms with Crippen molar-refractivity contribution in [2.45, 2.75) is 38.0 Å². The second-order valence-electron chi connectivity index (χ2n) is 4.35. The quantitative estimate of drug-likeness (QED) is 0.554. The van der Waals surface area contributed by atoms with Gasteiger partial charge in [0.2, 0.25) is 0 Å². The molecule has 0 spiro atoms. The fraction of sp³-hybridized carbons (Fsp3) is 0.500. The lowest BCUT2D eigenvalue weighted by Crippen LogP contribution is -2.03. The van der Waals surface area contributed by atoms with Crippen molar-refractivity contribution in [1.29, 1.82) is 0 Å². The average Bonchev–Trinajstić information content (AvgIpc) is 2.81. The third-order valence-corrected chi connectivity index (χ3v) is 4.58. The third-order valence-electron chi connectivity index (χ3n) is 3.23. The molecule has 0 N–H and O–H groups in total. The normalized spacial score (nSPS) is 24.4. The Bertz CT molecular complexity index is 437. The molecule has 2 heterocycles. The van der Waals surface area contributed by atoms with Crippen LogP contribution in [0.1, 0.15) is 40.5 Å². The molecule has 0 bridgehead atoms. The van der Waals surface area contributed by atoms with Crippen molar-refractivity contribution < 1.29 is 14.3 Å². The van der Waals surface area contributed by atoms with Gasteiger partial charge in [-0.25, -0.2) is 0 Å². The number of fused-ring (bicyclic) bond motifs is 1. The number of aryl methyl sites for hydroxylation is 2. The Morgan fingerprint density at radius 3 is 2.75 bits per heavy atom. The molecular weight excluding hydrogens is 224 g/mol. The van der Waals surface area contributed by atoms with Crippen LogP contribution in [0.5, 0.6) is 0 Å². The van der Waals surface area contributed by atoms with Gasteiger partial charge in [0.05, 0.1) is 6.42 Å². The Morgan fingerprint density at radius 2 is 2.06 bits per heavy atom. The monoisotopic (exact) mass is 236 g/mol. The van der Waals surface area contributed by atoms with Gasteiger partial charge in [-0.15, -0.1) is 11.3 Å². The summed E-state index contributed by atoms with van der Waals surface area (Å²) in [6.45, 7) is 0. The number of ether oxygens (including phenoxy) is 1. The summed E-state index contributed by atoms with van der Waals surface area (Å²) >= 11 is 1.69. The van der Waals surface area contributed by atoms with Crippen molar-refractivity contribution in [2.24, 2.45) is 0 Å². The molecule has 1 unspecified atom stereocenters. The highest BCUT2D eigenvalue weighted by Gasteiger charge is 2.36. The Hall–Kier alpha value is -1.16. The van der Waals surface area contributed by atoms with Crippen LogP contribution < -0.4 is 0 Å². The van der Waals surface area contributed by atoms with Crippen LogP contribution in [-0.2, 0) is 27.2 Å². The summed E-state index contributed by atoms with van der Waals surface area (Å²) in [5, 5.41) is 0. The zero-order valence-corrected chi connectivity index (χ0v) is 9.64.